The second-order valence-electron chi connectivity index (χ2n) is 5.49. The van der Waals surface area contributed by atoms with Gasteiger partial charge < -0.3 is 11.1 Å². The highest BCUT2D eigenvalue weighted by atomic mass is 32.1. The molecule has 0 aliphatic heterocycles. The van der Waals surface area contributed by atoms with Gasteiger partial charge in [-0.2, -0.15) is 11.3 Å². The third-order valence-corrected chi connectivity index (χ3v) is 4.95. The van der Waals surface area contributed by atoms with Crippen molar-refractivity contribution < 1.29 is 4.79 Å². The first kappa shape index (κ1) is 16.6. The molecule has 2 heterocycles. The minimum Gasteiger partial charge on any atom is -0.345 e. The van der Waals surface area contributed by atoms with Crippen LogP contribution in [0.15, 0.2) is 29.0 Å². The second-order valence-corrected chi connectivity index (χ2v) is 6.27. The summed E-state index contributed by atoms with van der Waals surface area (Å²) in [7, 11) is 0. The highest BCUT2D eigenvalue weighted by molar-refractivity contribution is 7.08. The number of hydrogen-bond acceptors (Lipinski definition) is 4. The van der Waals surface area contributed by atoms with E-state index in [0.29, 0.717) is 12.1 Å². The van der Waals surface area contributed by atoms with Crippen LogP contribution in [0.2, 0.25) is 0 Å². The van der Waals surface area contributed by atoms with Crippen LogP contribution in [0, 0.1) is 6.92 Å². The SMILES string of the molecule is CCC(CC)(CN)NC(=O)c1ccc(-c2ccsc2)nc1C. The van der Waals surface area contributed by atoms with Gasteiger partial charge in [0.05, 0.1) is 22.5 Å². The monoisotopic (exact) mass is 317 g/mol. The Kier molecular flexibility index (Phi) is 5.32. The van der Waals surface area contributed by atoms with E-state index in [1.54, 1.807) is 11.3 Å². The molecular formula is C17H23N3OS. The summed E-state index contributed by atoms with van der Waals surface area (Å²) >= 11 is 1.63. The molecule has 5 heteroatoms. The molecule has 0 radical (unpaired) electrons. The fourth-order valence-corrected chi connectivity index (χ4v) is 3.10. The van der Waals surface area contributed by atoms with Crippen LogP contribution in [-0.4, -0.2) is 23.0 Å². The number of carbonyl (C=O) groups is 1. The van der Waals surface area contributed by atoms with E-state index in [9.17, 15) is 4.79 Å². The predicted molar refractivity (Wildman–Crippen MR) is 92.1 cm³/mol. The molecule has 2 rings (SSSR count). The Morgan fingerprint density at radius 3 is 2.55 bits per heavy atom. The van der Waals surface area contributed by atoms with Crippen molar-refractivity contribution in [1.29, 1.82) is 0 Å². The van der Waals surface area contributed by atoms with E-state index in [1.165, 1.54) is 0 Å². The molecule has 0 aliphatic carbocycles. The van der Waals surface area contributed by atoms with Crippen LogP contribution in [0.25, 0.3) is 11.3 Å². The number of nitrogens with two attached hydrogens (primary N) is 1. The number of nitrogens with zero attached hydrogens (tertiary/aromatic N) is 1. The smallest absolute Gasteiger partial charge is 0.253 e. The molecule has 0 saturated carbocycles. The van der Waals surface area contributed by atoms with Gasteiger partial charge in [0.15, 0.2) is 0 Å². The Morgan fingerprint density at radius 2 is 2.05 bits per heavy atom. The van der Waals surface area contributed by atoms with Gasteiger partial charge in [0, 0.05) is 17.5 Å². The quantitative estimate of drug-likeness (QED) is 0.858. The topological polar surface area (TPSA) is 68.0 Å². The molecule has 0 atom stereocenters. The first-order valence-electron chi connectivity index (χ1n) is 7.58. The molecule has 0 spiro atoms. The van der Waals surface area contributed by atoms with Crippen molar-refractivity contribution in [2.24, 2.45) is 5.73 Å². The summed E-state index contributed by atoms with van der Waals surface area (Å²) in [5, 5.41) is 7.16. The van der Waals surface area contributed by atoms with Crippen molar-refractivity contribution in [2.75, 3.05) is 6.54 Å². The Hall–Kier alpha value is -1.72. The highest BCUT2D eigenvalue weighted by Gasteiger charge is 2.27. The molecular weight excluding hydrogens is 294 g/mol. The molecule has 3 N–H and O–H groups in total. The number of aromatic nitrogens is 1. The van der Waals surface area contributed by atoms with E-state index in [1.807, 2.05) is 44.4 Å². The zero-order valence-corrected chi connectivity index (χ0v) is 14.2. The fraction of sp³-hybridized carbons (Fsp3) is 0.412. The Labute approximate surface area is 135 Å². The van der Waals surface area contributed by atoms with Gasteiger partial charge in [-0.25, -0.2) is 0 Å². The molecule has 2 aromatic heterocycles. The van der Waals surface area contributed by atoms with Crippen molar-refractivity contribution in [3.05, 3.63) is 40.2 Å². The van der Waals surface area contributed by atoms with Crippen LogP contribution < -0.4 is 11.1 Å². The van der Waals surface area contributed by atoms with Gasteiger partial charge in [-0.3, -0.25) is 9.78 Å². The third-order valence-electron chi connectivity index (χ3n) is 4.27. The lowest BCUT2D eigenvalue weighted by atomic mass is 9.92. The maximum Gasteiger partial charge on any atom is 0.253 e. The minimum atomic E-state index is -0.338. The number of thiophene rings is 1. The number of nitrogens with one attached hydrogen (secondary N) is 1. The molecule has 0 aliphatic rings. The third kappa shape index (κ3) is 3.36. The largest absolute Gasteiger partial charge is 0.345 e. The minimum absolute atomic E-state index is 0.101. The molecule has 0 bridgehead atoms. The van der Waals surface area contributed by atoms with Crippen molar-refractivity contribution in [3.8, 4) is 11.3 Å². The first-order chi connectivity index (χ1) is 10.5. The molecule has 0 unspecified atom stereocenters. The maximum atomic E-state index is 12.6. The van der Waals surface area contributed by atoms with Gasteiger partial charge >= 0.3 is 0 Å². The molecule has 118 valence electrons. The Morgan fingerprint density at radius 1 is 1.32 bits per heavy atom. The Bertz CT molecular complexity index is 625. The lowest BCUT2D eigenvalue weighted by Crippen LogP contribution is -2.53. The van der Waals surface area contributed by atoms with Gasteiger partial charge in [0.1, 0.15) is 0 Å². The number of rotatable bonds is 6. The van der Waals surface area contributed by atoms with E-state index < -0.39 is 0 Å². The van der Waals surface area contributed by atoms with Crippen molar-refractivity contribution in [3.63, 3.8) is 0 Å². The lowest BCUT2D eigenvalue weighted by Gasteiger charge is -2.31. The number of aryl methyl sites for hydroxylation is 1. The van der Waals surface area contributed by atoms with E-state index >= 15 is 0 Å². The van der Waals surface area contributed by atoms with Crippen molar-refractivity contribution in [1.82, 2.24) is 10.3 Å². The predicted octanol–water partition coefficient (Wildman–Crippen LogP) is 3.37. The first-order valence-corrected chi connectivity index (χ1v) is 8.52. The average Bonchev–Trinajstić information content (AvgIpc) is 3.07. The van der Waals surface area contributed by atoms with Gasteiger partial charge in [-0.05, 0) is 43.3 Å². The molecule has 0 saturated heterocycles. The van der Waals surface area contributed by atoms with Gasteiger partial charge in [-0.15, -0.1) is 0 Å². The van der Waals surface area contributed by atoms with Gasteiger partial charge in [-0.1, -0.05) is 13.8 Å². The van der Waals surface area contributed by atoms with Crippen LogP contribution in [0.5, 0.6) is 0 Å². The van der Waals surface area contributed by atoms with Crippen molar-refractivity contribution >= 4 is 17.2 Å². The van der Waals surface area contributed by atoms with E-state index in [4.69, 9.17) is 5.73 Å². The normalized spacial score (nSPS) is 11.5. The van der Waals surface area contributed by atoms with Gasteiger partial charge in [0.25, 0.3) is 5.91 Å². The summed E-state index contributed by atoms with van der Waals surface area (Å²) in [5.41, 5.74) is 8.84. The molecule has 2 aromatic rings. The van der Waals surface area contributed by atoms with E-state index in [2.05, 4.69) is 15.7 Å². The molecule has 1 amide bonds. The summed E-state index contributed by atoms with van der Waals surface area (Å²) in [5.74, 6) is -0.101. The number of carbonyl (C=O) groups excluding carboxylic acids is 1. The van der Waals surface area contributed by atoms with Crippen LogP contribution in [-0.2, 0) is 0 Å². The number of pyridine rings is 1. The second kappa shape index (κ2) is 7.03. The summed E-state index contributed by atoms with van der Waals surface area (Å²) in [6.07, 6.45) is 1.62. The highest BCUT2D eigenvalue weighted by Crippen LogP contribution is 2.22. The molecule has 0 aromatic carbocycles. The zero-order valence-electron chi connectivity index (χ0n) is 13.3. The summed E-state index contributed by atoms with van der Waals surface area (Å²) in [6, 6.07) is 5.77. The number of hydrogen-bond donors (Lipinski definition) is 2. The molecule has 4 nitrogen and oxygen atoms in total. The molecule has 22 heavy (non-hydrogen) atoms. The standard InChI is InChI=1S/C17H23N3OS/c1-4-17(5-2,11-18)20-16(21)14-6-7-15(19-12(14)3)13-8-9-22-10-13/h6-10H,4-5,11,18H2,1-3H3,(H,20,21). The maximum absolute atomic E-state index is 12.6. The van der Waals surface area contributed by atoms with Crippen LogP contribution in [0.1, 0.15) is 42.7 Å². The van der Waals surface area contributed by atoms with Crippen molar-refractivity contribution in [2.45, 2.75) is 39.2 Å². The zero-order chi connectivity index (χ0) is 16.2. The van der Waals surface area contributed by atoms with Gasteiger partial charge in [0.2, 0.25) is 0 Å². The fourth-order valence-electron chi connectivity index (χ4n) is 2.45. The van der Waals surface area contributed by atoms with E-state index in [0.717, 1.165) is 29.8 Å². The van der Waals surface area contributed by atoms with Crippen LogP contribution >= 0.6 is 11.3 Å². The average molecular weight is 317 g/mol. The van der Waals surface area contributed by atoms with E-state index in [-0.39, 0.29) is 11.4 Å². The van der Waals surface area contributed by atoms with Crippen LogP contribution in [0.4, 0.5) is 0 Å². The van der Waals surface area contributed by atoms with Crippen LogP contribution in [0.3, 0.4) is 0 Å². The summed E-state index contributed by atoms with van der Waals surface area (Å²) in [6.45, 7) is 6.39. The lowest BCUT2D eigenvalue weighted by molar-refractivity contribution is 0.0894. The summed E-state index contributed by atoms with van der Waals surface area (Å²) in [4.78, 5) is 17.1. The number of amides is 1. The Balaban J connectivity index is 2.24. The molecule has 0 fully saturated rings. The summed E-state index contributed by atoms with van der Waals surface area (Å²) < 4.78 is 0.